The number of nitrogens with two attached hydrogens (primary N) is 2. The van der Waals surface area contributed by atoms with Gasteiger partial charge >= 0.3 is 0 Å². The average molecular weight is 930 g/mol. The number of ketones is 3. The summed E-state index contributed by atoms with van der Waals surface area (Å²) in [5.74, 6) is -7.27. The van der Waals surface area contributed by atoms with Gasteiger partial charge < -0.3 is 48.1 Å². The second-order valence-corrected chi connectivity index (χ2v) is 18.0. The fourth-order valence-corrected chi connectivity index (χ4v) is 7.64. The van der Waals surface area contributed by atoms with Crippen molar-refractivity contribution in [3.05, 3.63) is 35.9 Å². The third-order valence-electron chi connectivity index (χ3n) is 11.7. The van der Waals surface area contributed by atoms with Crippen LogP contribution >= 0.6 is 0 Å². The smallest absolute Gasteiger partial charge is 0.245 e. The summed E-state index contributed by atoms with van der Waals surface area (Å²) >= 11 is 0. The average Bonchev–Trinajstić information content (AvgIpc) is 3.27. The largest absolute Gasteiger partial charge is 0.396 e. The fraction of sp³-hybridized carbons (Fsp3) is 0.714. The molecule has 0 heterocycles. The van der Waals surface area contributed by atoms with Crippen LogP contribution in [-0.4, -0.2) is 112 Å². The molecule has 1 aromatic rings. The first-order valence-corrected chi connectivity index (χ1v) is 24.2. The molecule has 374 valence electrons. The van der Waals surface area contributed by atoms with Gasteiger partial charge in [0.15, 0.2) is 23.3 Å². The molecule has 0 saturated carbocycles. The van der Waals surface area contributed by atoms with Crippen LogP contribution in [0.5, 0.6) is 0 Å². The van der Waals surface area contributed by atoms with Crippen LogP contribution in [0.1, 0.15) is 156 Å². The first-order valence-electron chi connectivity index (χ1n) is 24.2. The number of unbranched alkanes of at least 4 members (excludes halogenated alkanes) is 12. The minimum atomic E-state index is -1.33. The number of aliphatic hydroxyl groups excluding tert-OH is 3. The van der Waals surface area contributed by atoms with Crippen LogP contribution in [-0.2, 0) is 40.0 Å². The molecular formula is C49H83N7O10. The van der Waals surface area contributed by atoms with Gasteiger partial charge in [-0.05, 0) is 51.0 Å². The molecule has 17 heteroatoms. The number of aliphatic hydroxyl groups is 3. The summed E-state index contributed by atoms with van der Waals surface area (Å²) in [5, 5.41) is 40.5. The summed E-state index contributed by atoms with van der Waals surface area (Å²) in [4.78, 5) is 97.4. The van der Waals surface area contributed by atoms with E-state index < -0.39 is 103 Å². The fourth-order valence-electron chi connectivity index (χ4n) is 7.64. The second-order valence-electron chi connectivity index (χ2n) is 18.0. The van der Waals surface area contributed by atoms with E-state index in [0.29, 0.717) is 12.0 Å². The topological polar surface area (TPSA) is 293 Å². The van der Waals surface area contributed by atoms with Crippen molar-refractivity contribution >= 4 is 46.9 Å². The van der Waals surface area contributed by atoms with Crippen LogP contribution in [0.3, 0.4) is 0 Å². The number of nitrogens with zero attached hydrogens (tertiary/aromatic N) is 1. The molecule has 11 N–H and O–H groups in total. The lowest BCUT2D eigenvalue weighted by Crippen LogP contribution is -2.57. The van der Waals surface area contributed by atoms with E-state index in [1.54, 1.807) is 44.2 Å². The highest BCUT2D eigenvalue weighted by Crippen LogP contribution is 2.20. The quantitative estimate of drug-likeness (QED) is 0.0262. The molecule has 0 bridgehead atoms. The van der Waals surface area contributed by atoms with Gasteiger partial charge in [0, 0.05) is 31.7 Å². The molecule has 66 heavy (non-hydrogen) atoms. The first kappa shape index (κ1) is 59.3. The van der Waals surface area contributed by atoms with E-state index in [-0.39, 0.29) is 50.5 Å². The zero-order valence-corrected chi connectivity index (χ0v) is 40.4. The first-order chi connectivity index (χ1) is 31.4. The summed E-state index contributed by atoms with van der Waals surface area (Å²) in [5.41, 5.74) is 11.7. The third kappa shape index (κ3) is 25.2. The zero-order valence-electron chi connectivity index (χ0n) is 40.4. The molecule has 0 aromatic heterocycles. The Hall–Kier alpha value is -4.74. The lowest BCUT2D eigenvalue weighted by Gasteiger charge is -2.28. The Balaban J connectivity index is 3.09. The van der Waals surface area contributed by atoms with E-state index in [1.165, 1.54) is 71.6 Å². The van der Waals surface area contributed by atoms with Gasteiger partial charge in [-0.2, -0.15) is 0 Å². The standard InChI is InChI=1S/C49H83N7O10/c1-6-7-8-9-10-11-12-13-14-15-16-17-21-26-43(63)55-45(35(5)60)48(66)56-44(33(2)3)42(62)29-37(28-36-23-19-18-20-24-36)46(64)53-39(25-22-27-52-49(50)51)41(61)30-38(31-57)47(65)54-40(32-58)34(4)59/h18-20,23-24,33,35,37-40,44-45,57-58,60H,6-17,21-22,25-32H2,1-5H3,(H,53,64)(H,54,65)(H,55,63)(H,56,66)(H4,50,51,52)/t35-,37-,38+,39+,40+,44+,45+/m1/s1. The van der Waals surface area contributed by atoms with Crippen molar-refractivity contribution in [1.29, 1.82) is 0 Å². The van der Waals surface area contributed by atoms with Gasteiger partial charge in [0.25, 0.3) is 0 Å². The predicted molar refractivity (Wildman–Crippen MR) is 256 cm³/mol. The number of nitrogens with one attached hydrogen (secondary N) is 4. The summed E-state index contributed by atoms with van der Waals surface area (Å²) in [6.45, 7) is 6.87. The van der Waals surface area contributed by atoms with Crippen LogP contribution in [0.4, 0.5) is 0 Å². The number of rotatable bonds is 38. The monoisotopic (exact) mass is 930 g/mol. The van der Waals surface area contributed by atoms with Crippen molar-refractivity contribution in [1.82, 2.24) is 21.3 Å². The van der Waals surface area contributed by atoms with Crippen molar-refractivity contribution in [2.75, 3.05) is 19.8 Å². The Morgan fingerprint density at radius 2 is 1.15 bits per heavy atom. The molecule has 0 fully saturated rings. The van der Waals surface area contributed by atoms with Crippen molar-refractivity contribution in [2.24, 2.45) is 34.2 Å². The molecule has 17 nitrogen and oxygen atoms in total. The summed E-state index contributed by atoms with van der Waals surface area (Å²) < 4.78 is 0. The lowest BCUT2D eigenvalue weighted by molar-refractivity contribution is -0.136. The highest BCUT2D eigenvalue weighted by molar-refractivity contribution is 5.97. The maximum atomic E-state index is 14.2. The Morgan fingerprint density at radius 3 is 1.65 bits per heavy atom. The Labute approximate surface area is 392 Å². The van der Waals surface area contributed by atoms with Gasteiger partial charge in [0.1, 0.15) is 12.1 Å². The van der Waals surface area contributed by atoms with Crippen molar-refractivity contribution in [3.63, 3.8) is 0 Å². The number of hydrogen-bond acceptors (Lipinski definition) is 11. The van der Waals surface area contributed by atoms with Crippen LogP contribution in [0.2, 0.25) is 0 Å². The number of carbonyl (C=O) groups is 7. The molecule has 0 aliphatic carbocycles. The maximum absolute atomic E-state index is 14.2. The van der Waals surface area contributed by atoms with Gasteiger partial charge in [-0.15, -0.1) is 0 Å². The van der Waals surface area contributed by atoms with Gasteiger partial charge in [-0.25, -0.2) is 0 Å². The lowest BCUT2D eigenvalue weighted by atomic mass is 9.87. The minimum absolute atomic E-state index is 0.0241. The number of guanidine groups is 1. The third-order valence-corrected chi connectivity index (χ3v) is 11.7. The van der Waals surface area contributed by atoms with Crippen LogP contribution < -0.4 is 32.7 Å². The number of aliphatic imine (C=N–C) groups is 1. The molecule has 7 atom stereocenters. The number of benzene rings is 1. The molecule has 0 saturated heterocycles. The molecule has 1 rings (SSSR count). The molecule has 4 amide bonds. The molecule has 1 aromatic carbocycles. The predicted octanol–water partition coefficient (Wildman–Crippen LogP) is 3.46. The van der Waals surface area contributed by atoms with Gasteiger partial charge in [-0.1, -0.05) is 128 Å². The molecule has 0 unspecified atom stereocenters. The number of hydrogen-bond donors (Lipinski definition) is 9. The Bertz CT molecular complexity index is 1640. The van der Waals surface area contributed by atoms with Crippen LogP contribution in [0, 0.1) is 17.8 Å². The number of carbonyl (C=O) groups excluding carboxylic acids is 7. The molecule has 0 aliphatic heterocycles. The Kier molecular flexibility index (Phi) is 31.0. The summed E-state index contributed by atoms with van der Waals surface area (Å²) in [7, 11) is 0. The van der Waals surface area contributed by atoms with E-state index in [4.69, 9.17) is 11.5 Å². The highest BCUT2D eigenvalue weighted by Gasteiger charge is 2.35. The highest BCUT2D eigenvalue weighted by atomic mass is 16.3. The second kappa shape index (κ2) is 34.6. The van der Waals surface area contributed by atoms with E-state index in [2.05, 4.69) is 33.2 Å². The van der Waals surface area contributed by atoms with Gasteiger partial charge in [0.05, 0.1) is 37.3 Å². The Morgan fingerprint density at radius 1 is 0.621 bits per heavy atom. The number of Topliss-reactive ketones (excluding diaryl/α,β-unsaturated/α-hetero) is 3. The van der Waals surface area contributed by atoms with Crippen LogP contribution in [0.25, 0.3) is 0 Å². The SMILES string of the molecule is CCCCCCCCCCCCCCCC(=O)N[C@H](C(=O)N[C@H](C(=O)C[C@@H](Cc1ccccc1)C(=O)N[C@@H](CCCN=C(N)N)C(=O)C[C@@H](CO)C(=O)N[C@@H](CO)C(C)=O)C(C)C)[C@@H](C)O. The van der Waals surface area contributed by atoms with E-state index >= 15 is 0 Å². The summed E-state index contributed by atoms with van der Waals surface area (Å²) in [6.07, 6.45) is 13.4. The van der Waals surface area contributed by atoms with Crippen molar-refractivity contribution < 1.29 is 48.9 Å². The van der Waals surface area contributed by atoms with Gasteiger partial charge in [-0.3, -0.25) is 38.6 Å². The normalized spacial score (nSPS) is 14.4. The zero-order chi connectivity index (χ0) is 49.4. The molecular weight excluding hydrogens is 847 g/mol. The number of amides is 4. The molecule has 0 radical (unpaired) electrons. The van der Waals surface area contributed by atoms with E-state index in [9.17, 15) is 48.9 Å². The van der Waals surface area contributed by atoms with Gasteiger partial charge in [0.2, 0.25) is 23.6 Å². The van der Waals surface area contributed by atoms with Crippen molar-refractivity contribution in [3.8, 4) is 0 Å². The van der Waals surface area contributed by atoms with Crippen LogP contribution in [0.15, 0.2) is 35.3 Å². The molecule has 0 spiro atoms. The van der Waals surface area contributed by atoms with Crippen molar-refractivity contribution in [2.45, 2.75) is 187 Å². The molecule has 0 aliphatic rings. The minimum Gasteiger partial charge on any atom is -0.396 e. The summed E-state index contributed by atoms with van der Waals surface area (Å²) in [6, 6.07) is 4.02. The van der Waals surface area contributed by atoms with E-state index in [1.807, 2.05) is 0 Å². The maximum Gasteiger partial charge on any atom is 0.245 e. The van der Waals surface area contributed by atoms with E-state index in [0.717, 1.165) is 19.3 Å².